The van der Waals surface area contributed by atoms with E-state index in [0.717, 1.165) is 26.5 Å². The van der Waals surface area contributed by atoms with Crippen molar-refractivity contribution in [1.29, 1.82) is 0 Å². The Labute approximate surface area is 128 Å². The second-order valence-corrected chi connectivity index (χ2v) is 6.31. The van der Waals surface area contributed by atoms with Gasteiger partial charge in [-0.3, -0.25) is 0 Å². The summed E-state index contributed by atoms with van der Waals surface area (Å²) in [5, 5.41) is 14.9. The van der Waals surface area contributed by atoms with Crippen molar-refractivity contribution in [1.82, 2.24) is 10.2 Å². The van der Waals surface area contributed by atoms with E-state index in [1.54, 1.807) is 7.11 Å². The molecule has 3 rings (SSSR count). The predicted octanol–water partition coefficient (Wildman–Crippen LogP) is 3.03. The van der Waals surface area contributed by atoms with Crippen molar-refractivity contribution in [2.24, 2.45) is 0 Å². The van der Waals surface area contributed by atoms with Crippen LogP contribution in [0.4, 0.5) is 20.8 Å². The minimum atomic E-state index is 0.0514. The molecule has 0 fully saturated rings. The molecule has 0 amide bonds. The molecule has 2 aromatic carbocycles. The second kappa shape index (κ2) is 6.43. The summed E-state index contributed by atoms with van der Waals surface area (Å²) in [5.41, 5.74) is 2.01. The van der Waals surface area contributed by atoms with Crippen molar-refractivity contribution in [2.75, 3.05) is 17.7 Å². The van der Waals surface area contributed by atoms with Crippen LogP contribution >= 0.6 is 0 Å². The van der Waals surface area contributed by atoms with Crippen LogP contribution in [0.25, 0.3) is 0 Å². The van der Waals surface area contributed by atoms with Gasteiger partial charge in [0, 0.05) is 0 Å². The van der Waals surface area contributed by atoms with Crippen molar-refractivity contribution in [3.63, 3.8) is 0 Å². The number of benzene rings is 2. The zero-order valence-corrected chi connectivity index (χ0v) is 13.1. The first kappa shape index (κ1) is 13.7. The molecule has 1 aromatic heterocycles. The van der Waals surface area contributed by atoms with E-state index in [9.17, 15) is 0 Å². The Bertz CT molecular complexity index is 697. The Morgan fingerprint density at radius 2 is 1.38 bits per heavy atom. The Hall–Kier alpha value is -2.30. The third kappa shape index (κ3) is 3.62. The summed E-state index contributed by atoms with van der Waals surface area (Å²) in [5.74, 6) is 0.835. The zero-order chi connectivity index (χ0) is 14.5. The first-order chi connectivity index (χ1) is 10.3. The first-order valence-electron chi connectivity index (χ1n) is 6.40. The third-order valence-electron chi connectivity index (χ3n) is 2.79. The molecule has 0 saturated heterocycles. The van der Waals surface area contributed by atoms with E-state index in [1.807, 2.05) is 54.6 Å². The Balaban J connectivity index is 1.67. The van der Waals surface area contributed by atoms with Crippen LogP contribution in [0.3, 0.4) is 0 Å². The van der Waals surface area contributed by atoms with E-state index in [0.29, 0.717) is 0 Å². The average Bonchev–Trinajstić information content (AvgIpc) is 2.96. The summed E-state index contributed by atoms with van der Waals surface area (Å²) in [7, 11) is 1.65. The van der Waals surface area contributed by atoms with E-state index in [4.69, 9.17) is 4.74 Å². The van der Waals surface area contributed by atoms with E-state index in [2.05, 4.69) is 20.8 Å². The molecule has 0 spiro atoms. The molecule has 0 aliphatic rings. The topological polar surface area (TPSA) is 59.1 Å². The zero-order valence-electron chi connectivity index (χ0n) is 11.4. The molecule has 1 heterocycles. The van der Waals surface area contributed by atoms with Crippen molar-refractivity contribution in [3.8, 4) is 5.75 Å². The predicted molar refractivity (Wildman–Crippen MR) is 85.0 cm³/mol. The minimum absolute atomic E-state index is 0.0514. The molecule has 3 aromatic rings. The standard InChI is InChI=1S/C15H14N4OSe/c1-20-13-9-7-12(8-10-13)17-15-19-18-14(21-15)16-11-5-3-2-4-6-11/h2-10H,1H3,(H,16,18)(H,17,19). The Kier molecular flexibility index (Phi) is 4.19. The number of aromatic nitrogens is 2. The van der Waals surface area contributed by atoms with Gasteiger partial charge in [-0.05, 0) is 0 Å². The number of nitrogens with zero attached hydrogens (tertiary/aromatic N) is 2. The monoisotopic (exact) mass is 346 g/mol. The van der Waals surface area contributed by atoms with Gasteiger partial charge in [0.15, 0.2) is 0 Å². The quantitative estimate of drug-likeness (QED) is 0.696. The van der Waals surface area contributed by atoms with Gasteiger partial charge in [0.05, 0.1) is 0 Å². The molecule has 0 aliphatic heterocycles. The summed E-state index contributed by atoms with van der Waals surface area (Å²) in [6, 6.07) is 17.7. The number of ether oxygens (including phenoxy) is 1. The summed E-state index contributed by atoms with van der Waals surface area (Å²) in [6.45, 7) is 0. The maximum atomic E-state index is 5.14. The fraction of sp³-hybridized carbons (Fsp3) is 0.0667. The van der Waals surface area contributed by atoms with Crippen LogP contribution in [0.2, 0.25) is 0 Å². The number of rotatable bonds is 5. The number of methoxy groups -OCH3 is 1. The molecule has 0 aliphatic carbocycles. The fourth-order valence-corrected chi connectivity index (χ4v) is 3.20. The number of hydrogen-bond donors (Lipinski definition) is 2. The molecule has 2 N–H and O–H groups in total. The molecule has 5 nitrogen and oxygen atoms in total. The van der Waals surface area contributed by atoms with Crippen LogP contribution < -0.4 is 15.4 Å². The van der Waals surface area contributed by atoms with Crippen LogP contribution in [0.15, 0.2) is 54.6 Å². The molecule has 0 radical (unpaired) electrons. The molecule has 0 atom stereocenters. The maximum absolute atomic E-state index is 5.14. The number of hydrogen-bond acceptors (Lipinski definition) is 5. The van der Waals surface area contributed by atoms with E-state index in [-0.39, 0.29) is 14.5 Å². The summed E-state index contributed by atoms with van der Waals surface area (Å²) in [4.78, 5) is 0. The van der Waals surface area contributed by atoms with Gasteiger partial charge in [-0.25, -0.2) is 0 Å². The van der Waals surface area contributed by atoms with Gasteiger partial charge in [-0.2, -0.15) is 0 Å². The number of nitrogens with one attached hydrogen (secondary N) is 2. The van der Waals surface area contributed by atoms with Gasteiger partial charge in [0.1, 0.15) is 0 Å². The molecule has 0 saturated carbocycles. The third-order valence-corrected chi connectivity index (χ3v) is 4.37. The SMILES string of the molecule is COc1ccc(Nc2nnc(Nc3ccccc3)[se]2)cc1. The normalized spacial score (nSPS) is 10.1. The van der Waals surface area contributed by atoms with Gasteiger partial charge in [-0.15, -0.1) is 0 Å². The van der Waals surface area contributed by atoms with Crippen LogP contribution in [0, 0.1) is 0 Å². The number of para-hydroxylation sites is 1. The van der Waals surface area contributed by atoms with Crippen LogP contribution in [-0.2, 0) is 0 Å². The average molecular weight is 345 g/mol. The molecular weight excluding hydrogens is 331 g/mol. The van der Waals surface area contributed by atoms with Gasteiger partial charge in [-0.1, -0.05) is 0 Å². The molecule has 0 unspecified atom stereocenters. The molecule has 0 bridgehead atoms. The van der Waals surface area contributed by atoms with Crippen molar-refractivity contribution in [2.45, 2.75) is 0 Å². The van der Waals surface area contributed by atoms with Gasteiger partial charge < -0.3 is 0 Å². The summed E-state index contributed by atoms with van der Waals surface area (Å²) >= 11 is 0.0514. The van der Waals surface area contributed by atoms with Crippen molar-refractivity contribution >= 4 is 35.3 Å². The molecule has 21 heavy (non-hydrogen) atoms. The van der Waals surface area contributed by atoms with Crippen LogP contribution in [0.1, 0.15) is 0 Å². The van der Waals surface area contributed by atoms with E-state index in [1.165, 1.54) is 0 Å². The fourth-order valence-electron chi connectivity index (χ4n) is 1.77. The first-order valence-corrected chi connectivity index (χ1v) is 8.11. The summed E-state index contributed by atoms with van der Waals surface area (Å²) < 4.78 is 6.91. The van der Waals surface area contributed by atoms with Crippen LogP contribution in [-0.4, -0.2) is 31.8 Å². The van der Waals surface area contributed by atoms with Crippen molar-refractivity contribution < 1.29 is 4.74 Å². The van der Waals surface area contributed by atoms with Crippen molar-refractivity contribution in [3.05, 3.63) is 54.6 Å². The van der Waals surface area contributed by atoms with Crippen LogP contribution in [0.5, 0.6) is 5.75 Å². The molecule has 6 heteroatoms. The second-order valence-electron chi connectivity index (χ2n) is 4.26. The molecule has 106 valence electrons. The van der Waals surface area contributed by atoms with Gasteiger partial charge in [0.25, 0.3) is 0 Å². The summed E-state index contributed by atoms with van der Waals surface area (Å²) in [6.07, 6.45) is 0. The van der Waals surface area contributed by atoms with Gasteiger partial charge in [0.2, 0.25) is 0 Å². The molecular formula is C15H14N4OSe. The van der Waals surface area contributed by atoms with E-state index >= 15 is 0 Å². The van der Waals surface area contributed by atoms with Gasteiger partial charge >= 0.3 is 128 Å². The van der Waals surface area contributed by atoms with E-state index < -0.39 is 0 Å². The Morgan fingerprint density at radius 1 is 0.810 bits per heavy atom. The number of anilines is 4. The Morgan fingerprint density at radius 3 is 1.95 bits per heavy atom.